The molecule has 1 aromatic carbocycles. The highest BCUT2D eigenvalue weighted by Crippen LogP contribution is 2.56. The Morgan fingerprint density at radius 1 is 1.09 bits per heavy atom. The van der Waals surface area contributed by atoms with Gasteiger partial charge in [0.05, 0.1) is 0 Å². The Kier molecular flexibility index (Phi) is 2.58. The highest BCUT2D eigenvalue weighted by molar-refractivity contribution is 5.83. The van der Waals surface area contributed by atoms with Gasteiger partial charge in [-0.1, -0.05) is 32.9 Å². The number of nitrogens with zero attached hydrogens (tertiary/aromatic N) is 1. The van der Waals surface area contributed by atoms with E-state index in [2.05, 4.69) is 26.1 Å². The molecule has 0 radical (unpaired) electrons. The van der Waals surface area contributed by atoms with Crippen LogP contribution in [0.15, 0.2) is 28.7 Å². The van der Waals surface area contributed by atoms with Crippen molar-refractivity contribution in [1.82, 2.24) is 10.3 Å². The molecule has 0 unspecified atom stereocenters. The fourth-order valence-electron chi connectivity index (χ4n) is 5.01. The van der Waals surface area contributed by atoms with Crippen LogP contribution in [-0.4, -0.2) is 17.4 Å². The monoisotopic (exact) mass is 298 g/mol. The molecule has 1 saturated heterocycles. The molecule has 22 heavy (non-hydrogen) atoms. The molecular weight excluding hydrogens is 276 g/mol. The summed E-state index contributed by atoms with van der Waals surface area (Å²) in [6.07, 6.45) is 2.72. The standard InChI is InChI=1S/C18H22N2O2/c1-16-8-17(2,14(21)19-11-16)10-18(3,9-16)15-20-12-6-4-5-7-13(12)22-15/h4-7H,8-11H2,1-3H3,(H,19,21)/t16-,17+,18-/m0/s1. The van der Waals surface area contributed by atoms with Crippen LogP contribution in [0.25, 0.3) is 11.1 Å². The first-order chi connectivity index (χ1) is 10.3. The Bertz CT molecular complexity index is 734. The van der Waals surface area contributed by atoms with Crippen molar-refractivity contribution in [3.05, 3.63) is 30.2 Å². The number of amides is 1. The van der Waals surface area contributed by atoms with Gasteiger partial charge in [-0.15, -0.1) is 0 Å². The third-order valence-electron chi connectivity index (χ3n) is 5.45. The van der Waals surface area contributed by atoms with Crippen LogP contribution in [0.2, 0.25) is 0 Å². The second kappa shape index (κ2) is 4.12. The average molecular weight is 298 g/mol. The lowest BCUT2D eigenvalue weighted by Gasteiger charge is -2.54. The third-order valence-corrected chi connectivity index (χ3v) is 5.45. The highest BCUT2D eigenvalue weighted by Gasteiger charge is 2.57. The predicted molar refractivity (Wildman–Crippen MR) is 84.4 cm³/mol. The summed E-state index contributed by atoms with van der Waals surface area (Å²) in [6.45, 7) is 7.30. The molecule has 2 aliphatic rings. The van der Waals surface area contributed by atoms with Crippen molar-refractivity contribution < 1.29 is 9.21 Å². The summed E-state index contributed by atoms with van der Waals surface area (Å²) >= 11 is 0. The Morgan fingerprint density at radius 3 is 2.59 bits per heavy atom. The van der Waals surface area contributed by atoms with E-state index in [1.165, 1.54) is 0 Å². The number of aromatic nitrogens is 1. The molecule has 2 fully saturated rings. The molecular formula is C18H22N2O2. The van der Waals surface area contributed by atoms with E-state index >= 15 is 0 Å². The van der Waals surface area contributed by atoms with Crippen molar-refractivity contribution in [2.45, 2.75) is 45.4 Å². The molecule has 1 saturated carbocycles. The highest BCUT2D eigenvalue weighted by atomic mass is 16.3. The number of oxazole rings is 1. The van der Waals surface area contributed by atoms with Crippen LogP contribution < -0.4 is 5.32 Å². The Morgan fingerprint density at radius 2 is 1.82 bits per heavy atom. The first-order valence-electron chi connectivity index (χ1n) is 7.97. The molecule has 4 heteroatoms. The van der Waals surface area contributed by atoms with Gasteiger partial charge in [-0.2, -0.15) is 0 Å². The number of carbonyl (C=O) groups excluding carboxylic acids is 1. The molecule has 4 nitrogen and oxygen atoms in total. The maximum Gasteiger partial charge on any atom is 0.226 e. The molecule has 116 valence electrons. The van der Waals surface area contributed by atoms with Crippen molar-refractivity contribution in [2.24, 2.45) is 10.8 Å². The van der Waals surface area contributed by atoms with Gasteiger partial charge >= 0.3 is 0 Å². The molecule has 1 aliphatic heterocycles. The van der Waals surface area contributed by atoms with Gasteiger partial charge in [-0.25, -0.2) is 4.98 Å². The van der Waals surface area contributed by atoms with Crippen LogP contribution in [0.1, 0.15) is 45.9 Å². The minimum atomic E-state index is -0.333. The summed E-state index contributed by atoms with van der Waals surface area (Å²) in [5.41, 5.74) is 1.30. The molecule has 1 N–H and O–H groups in total. The van der Waals surface area contributed by atoms with Crippen molar-refractivity contribution >= 4 is 17.0 Å². The number of piperidine rings is 1. The lowest BCUT2D eigenvalue weighted by Crippen LogP contribution is -2.59. The number of hydrogen-bond donors (Lipinski definition) is 1. The fourth-order valence-corrected chi connectivity index (χ4v) is 5.01. The molecule has 1 aromatic heterocycles. The summed E-state index contributed by atoms with van der Waals surface area (Å²) in [5.74, 6) is 0.951. The summed E-state index contributed by atoms with van der Waals surface area (Å²) < 4.78 is 6.06. The van der Waals surface area contributed by atoms with Gasteiger partial charge in [-0.3, -0.25) is 4.79 Å². The van der Waals surface area contributed by atoms with Crippen molar-refractivity contribution in [3.63, 3.8) is 0 Å². The number of fused-ring (bicyclic) bond motifs is 3. The lowest BCUT2D eigenvalue weighted by molar-refractivity contribution is -0.143. The van der Waals surface area contributed by atoms with Crippen LogP contribution in [0.3, 0.4) is 0 Å². The number of para-hydroxylation sites is 2. The second-order valence-electron chi connectivity index (χ2n) is 8.13. The molecule has 1 amide bonds. The van der Waals surface area contributed by atoms with Crippen LogP contribution in [0, 0.1) is 10.8 Å². The topological polar surface area (TPSA) is 55.1 Å². The van der Waals surface area contributed by atoms with Gasteiger partial charge in [0.25, 0.3) is 0 Å². The number of carbonyl (C=O) groups is 1. The fraction of sp³-hybridized carbons (Fsp3) is 0.556. The molecule has 2 bridgehead atoms. The van der Waals surface area contributed by atoms with E-state index in [-0.39, 0.29) is 22.2 Å². The quantitative estimate of drug-likeness (QED) is 0.877. The molecule has 4 rings (SSSR count). The second-order valence-corrected chi connectivity index (χ2v) is 8.13. The first kappa shape index (κ1) is 13.8. The summed E-state index contributed by atoms with van der Waals surface area (Å²) in [5, 5.41) is 3.09. The summed E-state index contributed by atoms with van der Waals surface area (Å²) in [6, 6.07) is 7.87. The number of benzene rings is 1. The van der Waals surface area contributed by atoms with Crippen molar-refractivity contribution in [1.29, 1.82) is 0 Å². The maximum atomic E-state index is 12.4. The Hall–Kier alpha value is -1.84. The van der Waals surface area contributed by atoms with E-state index in [0.29, 0.717) is 0 Å². The number of hydrogen-bond acceptors (Lipinski definition) is 3. The molecule has 2 heterocycles. The Balaban J connectivity index is 1.81. The molecule has 3 atom stereocenters. The van der Waals surface area contributed by atoms with Crippen molar-refractivity contribution in [2.75, 3.05) is 6.54 Å². The summed E-state index contributed by atoms with van der Waals surface area (Å²) in [7, 11) is 0. The zero-order chi connectivity index (χ0) is 15.6. The van der Waals surface area contributed by atoms with E-state index in [9.17, 15) is 4.79 Å². The SMILES string of the molecule is C[C@]12CNC(=O)[C@](C)(C1)C[C@@](C)(c1nc3ccccc3o1)C2. The van der Waals surface area contributed by atoms with Gasteiger partial charge in [0.1, 0.15) is 5.52 Å². The molecule has 0 spiro atoms. The first-order valence-corrected chi connectivity index (χ1v) is 7.97. The lowest BCUT2D eigenvalue weighted by atomic mass is 9.52. The minimum absolute atomic E-state index is 0.107. The van der Waals surface area contributed by atoms with Gasteiger partial charge in [0.2, 0.25) is 11.8 Å². The third kappa shape index (κ3) is 1.89. The number of nitrogens with one attached hydrogen (secondary N) is 1. The summed E-state index contributed by atoms with van der Waals surface area (Å²) in [4.78, 5) is 17.1. The van der Waals surface area contributed by atoms with E-state index < -0.39 is 0 Å². The molecule has 1 aliphatic carbocycles. The Labute approximate surface area is 130 Å². The average Bonchev–Trinajstić information content (AvgIpc) is 2.87. The van der Waals surface area contributed by atoms with Gasteiger partial charge < -0.3 is 9.73 Å². The van der Waals surface area contributed by atoms with E-state index in [1.54, 1.807) is 0 Å². The van der Waals surface area contributed by atoms with Gasteiger partial charge in [0.15, 0.2) is 5.58 Å². The zero-order valence-electron chi connectivity index (χ0n) is 13.4. The van der Waals surface area contributed by atoms with Crippen LogP contribution in [0.4, 0.5) is 0 Å². The zero-order valence-corrected chi connectivity index (χ0v) is 13.4. The normalized spacial score (nSPS) is 38.0. The van der Waals surface area contributed by atoms with E-state index in [4.69, 9.17) is 9.40 Å². The van der Waals surface area contributed by atoms with Gasteiger partial charge in [0, 0.05) is 17.4 Å². The number of rotatable bonds is 1. The minimum Gasteiger partial charge on any atom is -0.440 e. The maximum absolute atomic E-state index is 12.4. The van der Waals surface area contributed by atoms with Crippen LogP contribution >= 0.6 is 0 Å². The smallest absolute Gasteiger partial charge is 0.226 e. The van der Waals surface area contributed by atoms with Gasteiger partial charge in [-0.05, 0) is 36.8 Å². The predicted octanol–water partition coefficient (Wildman–Crippen LogP) is 3.41. The van der Waals surface area contributed by atoms with E-state index in [1.807, 2.05) is 24.3 Å². The van der Waals surface area contributed by atoms with Crippen molar-refractivity contribution in [3.8, 4) is 0 Å². The van der Waals surface area contributed by atoms with Crippen LogP contribution in [0.5, 0.6) is 0 Å². The largest absolute Gasteiger partial charge is 0.440 e. The van der Waals surface area contributed by atoms with E-state index in [0.717, 1.165) is 42.8 Å². The van der Waals surface area contributed by atoms with Crippen LogP contribution in [-0.2, 0) is 10.2 Å². The molecule has 2 aromatic rings.